The second-order valence-electron chi connectivity index (χ2n) is 2.32. The molecule has 9 heteroatoms. The number of nitrogens with zero attached hydrogens (tertiary/aromatic N) is 1. The predicted molar refractivity (Wildman–Crippen MR) is 45.8 cm³/mol. The summed E-state index contributed by atoms with van der Waals surface area (Å²) in [5.74, 6) is -1.95. The largest absolute Gasteiger partial charge is 0.548 e. The molecular formula is C5H5N2O5S2-. The van der Waals surface area contributed by atoms with Crippen LogP contribution in [0.4, 0.5) is 5.13 Å². The summed E-state index contributed by atoms with van der Waals surface area (Å²) in [6.07, 6.45) is 0. The number of thiazole rings is 1. The molecule has 0 spiro atoms. The van der Waals surface area contributed by atoms with E-state index in [1.165, 1.54) is 0 Å². The highest BCUT2D eigenvalue weighted by atomic mass is 32.2. The maximum absolute atomic E-state index is 10.6. The van der Waals surface area contributed by atoms with Crippen LogP contribution in [0, 0.1) is 0 Å². The first kappa shape index (κ1) is 10.9. The third-order valence-electron chi connectivity index (χ3n) is 1.32. The summed E-state index contributed by atoms with van der Waals surface area (Å²) in [6.45, 7) is 0. The monoisotopic (exact) mass is 237 g/mol. The van der Waals surface area contributed by atoms with Crippen LogP contribution < -0.4 is 10.8 Å². The number of aromatic nitrogens is 1. The van der Waals surface area contributed by atoms with Crippen LogP contribution in [0.1, 0.15) is 10.9 Å². The van der Waals surface area contributed by atoms with Crippen molar-refractivity contribution in [2.75, 3.05) is 5.73 Å². The Balaban J connectivity index is 3.21. The average Bonchev–Trinajstić information content (AvgIpc) is 2.31. The van der Waals surface area contributed by atoms with E-state index >= 15 is 0 Å². The fourth-order valence-electron chi connectivity index (χ4n) is 0.816. The van der Waals surface area contributed by atoms with E-state index in [0.717, 1.165) is 16.7 Å². The van der Waals surface area contributed by atoms with Crippen LogP contribution in [0.5, 0.6) is 0 Å². The van der Waals surface area contributed by atoms with Gasteiger partial charge in [0.05, 0.1) is 11.7 Å². The molecule has 0 amide bonds. The van der Waals surface area contributed by atoms with Crippen molar-refractivity contribution in [2.45, 2.75) is 5.25 Å². The van der Waals surface area contributed by atoms with E-state index in [9.17, 15) is 18.3 Å². The molecule has 0 aliphatic rings. The molecule has 1 aromatic heterocycles. The van der Waals surface area contributed by atoms with Gasteiger partial charge in [-0.05, 0) is 0 Å². The summed E-state index contributed by atoms with van der Waals surface area (Å²) in [6, 6.07) is 0. The molecule has 0 bridgehead atoms. The molecule has 1 atom stereocenters. The van der Waals surface area contributed by atoms with Crippen molar-refractivity contribution in [3.63, 3.8) is 0 Å². The molecular weight excluding hydrogens is 232 g/mol. The number of aliphatic carboxylic acids is 1. The SMILES string of the molecule is Nc1nc(C(C(=O)[O-])S(=O)(=O)O)cs1. The first-order valence-corrected chi connectivity index (χ1v) is 5.58. The molecule has 0 aliphatic carbocycles. The van der Waals surface area contributed by atoms with Gasteiger partial charge in [-0.3, -0.25) is 4.55 Å². The van der Waals surface area contributed by atoms with Crippen molar-refractivity contribution >= 4 is 32.6 Å². The van der Waals surface area contributed by atoms with E-state index in [2.05, 4.69) is 4.98 Å². The van der Waals surface area contributed by atoms with Gasteiger partial charge in [0.1, 0.15) is 0 Å². The Kier molecular flexibility index (Phi) is 2.73. The van der Waals surface area contributed by atoms with E-state index < -0.39 is 21.3 Å². The third-order valence-corrected chi connectivity index (χ3v) is 3.04. The van der Waals surface area contributed by atoms with Crippen LogP contribution in [0.2, 0.25) is 0 Å². The minimum atomic E-state index is -4.78. The lowest BCUT2D eigenvalue weighted by Crippen LogP contribution is -2.34. The maximum Gasteiger partial charge on any atom is 0.279 e. The fraction of sp³-hybridized carbons (Fsp3) is 0.200. The molecule has 0 fully saturated rings. The molecule has 1 unspecified atom stereocenters. The lowest BCUT2D eigenvalue weighted by Gasteiger charge is -2.11. The lowest BCUT2D eigenvalue weighted by molar-refractivity contribution is -0.305. The van der Waals surface area contributed by atoms with E-state index in [-0.39, 0.29) is 10.8 Å². The molecule has 0 radical (unpaired) electrons. The number of carbonyl (C=O) groups excluding carboxylic acids is 1. The molecule has 1 aromatic rings. The van der Waals surface area contributed by atoms with Crippen LogP contribution >= 0.6 is 11.3 Å². The second kappa shape index (κ2) is 3.52. The van der Waals surface area contributed by atoms with Crippen molar-refractivity contribution in [3.8, 4) is 0 Å². The van der Waals surface area contributed by atoms with E-state index in [0.29, 0.717) is 0 Å². The molecule has 7 nitrogen and oxygen atoms in total. The number of nitrogens with two attached hydrogens (primary N) is 1. The van der Waals surface area contributed by atoms with Crippen molar-refractivity contribution in [3.05, 3.63) is 11.1 Å². The van der Waals surface area contributed by atoms with Gasteiger partial charge in [0, 0.05) is 5.38 Å². The number of carboxylic acid groups (broad SMARTS) is 1. The van der Waals surface area contributed by atoms with Crippen LogP contribution in [-0.4, -0.2) is 23.9 Å². The zero-order valence-corrected chi connectivity index (χ0v) is 8.21. The Morgan fingerprint density at radius 1 is 1.71 bits per heavy atom. The quantitative estimate of drug-likeness (QED) is 0.605. The highest BCUT2D eigenvalue weighted by molar-refractivity contribution is 7.86. The summed E-state index contributed by atoms with van der Waals surface area (Å²) in [7, 11) is -4.78. The van der Waals surface area contributed by atoms with Gasteiger partial charge in [-0.2, -0.15) is 8.42 Å². The van der Waals surface area contributed by atoms with E-state index in [1.54, 1.807) is 0 Å². The molecule has 0 aliphatic heterocycles. The third kappa shape index (κ3) is 2.19. The van der Waals surface area contributed by atoms with Crippen LogP contribution in [0.3, 0.4) is 0 Å². The maximum atomic E-state index is 10.6. The van der Waals surface area contributed by atoms with Gasteiger partial charge in [0.2, 0.25) is 0 Å². The molecule has 3 N–H and O–H groups in total. The first-order chi connectivity index (χ1) is 6.32. The Bertz CT molecular complexity index is 450. The average molecular weight is 237 g/mol. The van der Waals surface area contributed by atoms with Crippen molar-refractivity contribution in [1.29, 1.82) is 0 Å². The molecule has 0 saturated heterocycles. The number of nitrogen functional groups attached to an aromatic ring is 1. The number of carbonyl (C=O) groups is 1. The van der Waals surface area contributed by atoms with Crippen LogP contribution in [-0.2, 0) is 14.9 Å². The smallest absolute Gasteiger partial charge is 0.279 e. The van der Waals surface area contributed by atoms with Gasteiger partial charge >= 0.3 is 0 Å². The van der Waals surface area contributed by atoms with Gasteiger partial charge < -0.3 is 15.6 Å². The normalized spacial score (nSPS) is 13.8. The summed E-state index contributed by atoms with van der Waals surface area (Å²) < 4.78 is 29.9. The summed E-state index contributed by atoms with van der Waals surface area (Å²) >= 11 is 0.866. The van der Waals surface area contributed by atoms with Gasteiger partial charge in [0.15, 0.2) is 10.4 Å². The second-order valence-corrected chi connectivity index (χ2v) is 4.72. The summed E-state index contributed by atoms with van der Waals surface area (Å²) in [5, 5.41) is 9.38. The summed E-state index contributed by atoms with van der Waals surface area (Å²) in [5.41, 5.74) is 4.83. The number of rotatable bonds is 3. The Morgan fingerprint density at radius 3 is 2.57 bits per heavy atom. The van der Waals surface area contributed by atoms with Crippen LogP contribution in [0.15, 0.2) is 5.38 Å². The number of anilines is 1. The van der Waals surface area contributed by atoms with Gasteiger partial charge in [-0.25, -0.2) is 4.98 Å². The molecule has 0 aromatic carbocycles. The fourth-order valence-corrected chi connectivity index (χ4v) is 2.16. The molecule has 14 heavy (non-hydrogen) atoms. The van der Waals surface area contributed by atoms with Crippen molar-refractivity contribution in [1.82, 2.24) is 4.98 Å². The Labute approximate surface area is 82.9 Å². The number of hydrogen-bond acceptors (Lipinski definition) is 7. The number of hydrogen-bond donors (Lipinski definition) is 2. The molecule has 1 rings (SSSR count). The van der Waals surface area contributed by atoms with E-state index in [4.69, 9.17) is 10.3 Å². The standard InChI is InChI=1S/C5H6N2O5S2/c6-5-7-2(1-13-5)3(4(8)9)14(10,11)12/h1,3H,(H2,6,7)(H,8,9)(H,10,11,12)/p-1. The molecule has 0 saturated carbocycles. The van der Waals surface area contributed by atoms with Gasteiger partial charge in [-0.1, -0.05) is 0 Å². The zero-order chi connectivity index (χ0) is 10.9. The molecule has 1 heterocycles. The lowest BCUT2D eigenvalue weighted by atomic mass is 10.3. The minimum absolute atomic E-state index is 0.00917. The van der Waals surface area contributed by atoms with E-state index in [1.807, 2.05) is 0 Å². The number of carboxylic acids is 1. The van der Waals surface area contributed by atoms with Crippen LogP contribution in [0.25, 0.3) is 0 Å². The topological polar surface area (TPSA) is 133 Å². The van der Waals surface area contributed by atoms with Gasteiger partial charge in [-0.15, -0.1) is 11.3 Å². The van der Waals surface area contributed by atoms with Crippen molar-refractivity contribution < 1.29 is 22.9 Å². The Morgan fingerprint density at radius 2 is 2.29 bits per heavy atom. The van der Waals surface area contributed by atoms with Gasteiger partial charge in [0.25, 0.3) is 10.1 Å². The predicted octanol–water partition coefficient (Wildman–Crippen LogP) is -1.60. The van der Waals surface area contributed by atoms with Crippen molar-refractivity contribution in [2.24, 2.45) is 0 Å². The zero-order valence-electron chi connectivity index (χ0n) is 6.58. The highest BCUT2D eigenvalue weighted by Crippen LogP contribution is 2.23. The highest BCUT2D eigenvalue weighted by Gasteiger charge is 2.28. The minimum Gasteiger partial charge on any atom is -0.548 e. The molecule has 78 valence electrons. The summed E-state index contributed by atoms with van der Waals surface area (Å²) in [4.78, 5) is 13.9. The first-order valence-electron chi connectivity index (χ1n) is 3.20. The Hall–Kier alpha value is -1.19.